The highest BCUT2D eigenvalue weighted by molar-refractivity contribution is 14.0. The highest BCUT2D eigenvalue weighted by Gasteiger charge is 2.12. The zero-order valence-electron chi connectivity index (χ0n) is 16.6. The maximum absolute atomic E-state index is 5.93. The number of aromatic nitrogens is 2. The number of hydrogen-bond acceptors (Lipinski definition) is 3. The van der Waals surface area contributed by atoms with Crippen LogP contribution in [0.5, 0.6) is 0 Å². The lowest BCUT2D eigenvalue weighted by Gasteiger charge is -2.21. The number of furan rings is 1. The first-order chi connectivity index (χ1) is 12.5. The summed E-state index contributed by atoms with van der Waals surface area (Å²) in [5.41, 5.74) is 4.28. The third kappa shape index (κ3) is 4.82. The van der Waals surface area contributed by atoms with Gasteiger partial charge in [0.1, 0.15) is 11.3 Å². The Labute approximate surface area is 177 Å². The van der Waals surface area contributed by atoms with E-state index in [-0.39, 0.29) is 24.0 Å². The Hall–Kier alpha value is -2.03. The molecular formula is C20H28IN5O. The van der Waals surface area contributed by atoms with Crippen molar-refractivity contribution in [2.75, 3.05) is 13.6 Å². The van der Waals surface area contributed by atoms with Gasteiger partial charge in [-0.1, -0.05) is 18.2 Å². The first-order valence-electron chi connectivity index (χ1n) is 8.95. The summed E-state index contributed by atoms with van der Waals surface area (Å²) >= 11 is 0. The van der Waals surface area contributed by atoms with Crippen LogP contribution in [-0.4, -0.2) is 34.2 Å². The molecule has 0 bridgehead atoms. The average molecular weight is 481 g/mol. The smallest absolute Gasteiger partial charge is 0.194 e. The molecule has 2 heterocycles. The van der Waals surface area contributed by atoms with Crippen molar-refractivity contribution in [2.45, 2.75) is 33.9 Å². The fourth-order valence-electron chi connectivity index (χ4n) is 3.09. The van der Waals surface area contributed by atoms with E-state index in [4.69, 9.17) is 9.41 Å². The van der Waals surface area contributed by atoms with E-state index in [1.807, 2.05) is 43.9 Å². The first-order valence-corrected chi connectivity index (χ1v) is 8.95. The van der Waals surface area contributed by atoms with Gasteiger partial charge in [-0.3, -0.25) is 4.68 Å². The van der Waals surface area contributed by atoms with E-state index in [0.717, 1.165) is 40.6 Å². The Morgan fingerprint density at radius 2 is 2.04 bits per heavy atom. The van der Waals surface area contributed by atoms with Crippen molar-refractivity contribution in [3.63, 3.8) is 0 Å². The zero-order chi connectivity index (χ0) is 18.7. The molecule has 0 amide bonds. The minimum Gasteiger partial charge on any atom is -0.459 e. The largest absolute Gasteiger partial charge is 0.459 e. The number of rotatable bonds is 5. The number of halogens is 1. The van der Waals surface area contributed by atoms with Crippen LogP contribution < -0.4 is 5.32 Å². The van der Waals surface area contributed by atoms with Gasteiger partial charge in [0.05, 0.1) is 18.8 Å². The molecule has 3 rings (SSSR count). The molecule has 1 N–H and O–H groups in total. The monoisotopic (exact) mass is 481 g/mol. The summed E-state index contributed by atoms with van der Waals surface area (Å²) in [7, 11) is 3.99. The molecule has 0 saturated heterocycles. The van der Waals surface area contributed by atoms with Crippen LogP contribution >= 0.6 is 24.0 Å². The lowest BCUT2D eigenvalue weighted by Crippen LogP contribution is -2.38. The van der Waals surface area contributed by atoms with Crippen LogP contribution in [0, 0.1) is 13.8 Å². The molecule has 3 aromatic rings. The van der Waals surface area contributed by atoms with Crippen molar-refractivity contribution in [3.05, 3.63) is 53.0 Å². The quantitative estimate of drug-likeness (QED) is 0.340. The molecular weight excluding hydrogens is 453 g/mol. The van der Waals surface area contributed by atoms with Gasteiger partial charge in [-0.15, -0.1) is 24.0 Å². The van der Waals surface area contributed by atoms with E-state index in [1.54, 1.807) is 0 Å². The van der Waals surface area contributed by atoms with E-state index in [0.29, 0.717) is 13.1 Å². The molecule has 6 nitrogen and oxygen atoms in total. The van der Waals surface area contributed by atoms with E-state index >= 15 is 0 Å². The van der Waals surface area contributed by atoms with Gasteiger partial charge in [-0.25, -0.2) is 4.99 Å². The van der Waals surface area contributed by atoms with Crippen molar-refractivity contribution in [1.82, 2.24) is 20.0 Å². The number of fused-ring (bicyclic) bond motifs is 1. The molecule has 0 aliphatic rings. The minimum absolute atomic E-state index is 0. The summed E-state index contributed by atoms with van der Waals surface area (Å²) in [4.78, 5) is 6.89. The fourth-order valence-corrected chi connectivity index (χ4v) is 3.09. The van der Waals surface area contributed by atoms with Gasteiger partial charge in [-0.2, -0.15) is 5.10 Å². The molecule has 0 aliphatic heterocycles. The van der Waals surface area contributed by atoms with E-state index < -0.39 is 0 Å². The second kappa shape index (κ2) is 9.25. The molecule has 146 valence electrons. The van der Waals surface area contributed by atoms with Crippen LogP contribution in [0.25, 0.3) is 11.0 Å². The van der Waals surface area contributed by atoms with Crippen molar-refractivity contribution in [2.24, 2.45) is 12.0 Å². The molecule has 0 spiro atoms. The number of hydrogen-bond donors (Lipinski definition) is 1. The zero-order valence-corrected chi connectivity index (χ0v) is 18.9. The SMILES string of the molecule is CCNC(=NCc1c(C)nn(C)c1C)N(C)Cc1cc2ccccc2o1.I. The number of guanidine groups is 1. The number of nitrogens with zero attached hydrogens (tertiary/aromatic N) is 4. The fraction of sp³-hybridized carbons (Fsp3) is 0.400. The molecule has 0 aliphatic carbocycles. The van der Waals surface area contributed by atoms with Crippen LogP contribution in [0.3, 0.4) is 0 Å². The summed E-state index contributed by atoms with van der Waals surface area (Å²) in [6.07, 6.45) is 0. The Bertz CT molecular complexity index is 895. The number of benzene rings is 1. The first kappa shape index (κ1) is 21.3. The number of nitrogens with one attached hydrogen (secondary N) is 1. The average Bonchev–Trinajstić information content (AvgIpc) is 3.12. The van der Waals surface area contributed by atoms with Gasteiger partial charge in [0.2, 0.25) is 0 Å². The van der Waals surface area contributed by atoms with Crippen molar-refractivity contribution in [1.29, 1.82) is 0 Å². The maximum Gasteiger partial charge on any atom is 0.194 e. The van der Waals surface area contributed by atoms with Gasteiger partial charge in [-0.05, 0) is 32.9 Å². The molecule has 0 atom stereocenters. The number of aryl methyl sites for hydroxylation is 2. The maximum atomic E-state index is 5.93. The highest BCUT2D eigenvalue weighted by atomic mass is 127. The predicted molar refractivity (Wildman–Crippen MR) is 121 cm³/mol. The summed E-state index contributed by atoms with van der Waals surface area (Å²) in [5.74, 6) is 1.78. The topological polar surface area (TPSA) is 58.6 Å². The third-order valence-electron chi connectivity index (χ3n) is 4.61. The van der Waals surface area contributed by atoms with Crippen LogP contribution in [-0.2, 0) is 20.1 Å². The van der Waals surface area contributed by atoms with Gasteiger partial charge < -0.3 is 14.6 Å². The summed E-state index contributed by atoms with van der Waals surface area (Å²) < 4.78 is 7.84. The lowest BCUT2D eigenvalue weighted by atomic mass is 10.2. The second-order valence-corrected chi connectivity index (χ2v) is 6.55. The van der Waals surface area contributed by atoms with Crippen molar-refractivity contribution < 1.29 is 4.42 Å². The number of para-hydroxylation sites is 1. The minimum atomic E-state index is 0. The Balaban J connectivity index is 0.00000261. The Kier molecular flexibility index (Phi) is 7.29. The van der Waals surface area contributed by atoms with E-state index in [2.05, 4.69) is 41.3 Å². The normalized spacial score (nSPS) is 11.5. The molecule has 2 aromatic heterocycles. The Morgan fingerprint density at radius 1 is 1.30 bits per heavy atom. The van der Waals surface area contributed by atoms with Crippen LogP contribution in [0.4, 0.5) is 0 Å². The molecule has 1 aromatic carbocycles. The molecule has 0 radical (unpaired) electrons. The molecule has 0 saturated carbocycles. The highest BCUT2D eigenvalue weighted by Crippen LogP contribution is 2.20. The third-order valence-corrected chi connectivity index (χ3v) is 4.61. The number of aliphatic imine (C=N–C) groups is 1. The summed E-state index contributed by atoms with van der Waals surface area (Å²) in [5, 5.41) is 8.95. The summed E-state index contributed by atoms with van der Waals surface area (Å²) in [6, 6.07) is 10.2. The molecule has 27 heavy (non-hydrogen) atoms. The van der Waals surface area contributed by atoms with Gasteiger partial charge >= 0.3 is 0 Å². The second-order valence-electron chi connectivity index (χ2n) is 6.55. The predicted octanol–water partition coefficient (Wildman–Crippen LogP) is 4.00. The van der Waals surface area contributed by atoms with Crippen LogP contribution in [0.1, 0.15) is 29.6 Å². The van der Waals surface area contributed by atoms with Crippen molar-refractivity contribution >= 4 is 40.9 Å². The van der Waals surface area contributed by atoms with Gasteiger partial charge in [0, 0.05) is 37.3 Å². The van der Waals surface area contributed by atoms with Crippen LogP contribution in [0.2, 0.25) is 0 Å². The van der Waals surface area contributed by atoms with E-state index in [9.17, 15) is 0 Å². The molecule has 0 unspecified atom stereocenters. The molecule has 0 fully saturated rings. The lowest BCUT2D eigenvalue weighted by molar-refractivity contribution is 0.412. The van der Waals surface area contributed by atoms with Crippen molar-refractivity contribution in [3.8, 4) is 0 Å². The van der Waals surface area contributed by atoms with Gasteiger partial charge in [0.15, 0.2) is 5.96 Å². The standard InChI is InChI=1S/C20H27N5O.HI/c1-6-21-20(22-12-18-14(2)23-25(5)15(18)3)24(4)13-17-11-16-9-7-8-10-19(16)26-17;/h7-11H,6,12-13H2,1-5H3,(H,21,22);1H. The molecule has 7 heteroatoms. The summed E-state index contributed by atoms with van der Waals surface area (Å²) in [6.45, 7) is 8.27. The van der Waals surface area contributed by atoms with E-state index in [1.165, 1.54) is 5.56 Å². The van der Waals surface area contributed by atoms with Gasteiger partial charge in [0.25, 0.3) is 0 Å². The van der Waals surface area contributed by atoms with Crippen LogP contribution in [0.15, 0.2) is 39.7 Å². The Morgan fingerprint density at radius 3 is 2.67 bits per heavy atom.